The molecule has 0 saturated heterocycles. The third-order valence-electron chi connectivity index (χ3n) is 5.20. The first-order valence-electron chi connectivity index (χ1n) is 8.17. The van der Waals surface area contributed by atoms with E-state index in [1.807, 2.05) is 0 Å². The smallest absolute Gasteiger partial charge is 0.0661 e. The van der Waals surface area contributed by atoms with Gasteiger partial charge in [0, 0.05) is 18.1 Å². The Morgan fingerprint density at radius 3 is 2.44 bits per heavy atom. The number of rotatable bonds is 7. The number of unbranched alkanes of at least 4 members (excludes halogenated alkanes) is 4. The minimum absolute atomic E-state index is 0.377. The molecule has 2 aliphatic carbocycles. The molecule has 0 aromatic heterocycles. The fourth-order valence-corrected chi connectivity index (χ4v) is 3.85. The van der Waals surface area contributed by atoms with E-state index in [-0.39, 0.29) is 0 Å². The van der Waals surface area contributed by atoms with Gasteiger partial charge >= 0.3 is 0 Å². The molecule has 0 aromatic rings. The molecule has 0 amide bonds. The van der Waals surface area contributed by atoms with Crippen molar-refractivity contribution in [3.05, 3.63) is 0 Å². The molecule has 2 unspecified atom stereocenters. The predicted molar refractivity (Wildman–Crippen MR) is 76.6 cm³/mol. The van der Waals surface area contributed by atoms with Gasteiger partial charge < -0.3 is 10.5 Å². The predicted octanol–water partition coefficient (Wildman–Crippen LogP) is 4.02. The van der Waals surface area contributed by atoms with Crippen LogP contribution in [-0.4, -0.2) is 18.8 Å². The van der Waals surface area contributed by atoms with E-state index >= 15 is 0 Å². The lowest BCUT2D eigenvalue weighted by molar-refractivity contribution is -0.143. The topological polar surface area (TPSA) is 35.2 Å². The van der Waals surface area contributed by atoms with E-state index in [9.17, 15) is 0 Å². The molecule has 106 valence electrons. The quantitative estimate of drug-likeness (QED) is 0.695. The number of hydrogen-bond donors (Lipinski definition) is 1. The Bertz CT molecular complexity index is 235. The summed E-state index contributed by atoms with van der Waals surface area (Å²) in [5.41, 5.74) is 6.65. The highest BCUT2D eigenvalue weighted by Crippen LogP contribution is 2.52. The van der Waals surface area contributed by atoms with Crippen molar-refractivity contribution in [1.29, 1.82) is 0 Å². The summed E-state index contributed by atoms with van der Waals surface area (Å²) >= 11 is 0. The van der Waals surface area contributed by atoms with E-state index in [2.05, 4.69) is 6.92 Å². The fourth-order valence-electron chi connectivity index (χ4n) is 3.85. The Hall–Kier alpha value is -0.0800. The van der Waals surface area contributed by atoms with Crippen molar-refractivity contribution in [1.82, 2.24) is 0 Å². The van der Waals surface area contributed by atoms with Crippen LogP contribution in [0.15, 0.2) is 0 Å². The van der Waals surface area contributed by atoms with E-state index in [0.29, 0.717) is 17.6 Å². The first-order valence-corrected chi connectivity index (χ1v) is 8.17. The lowest BCUT2D eigenvalue weighted by Gasteiger charge is -2.56. The van der Waals surface area contributed by atoms with Gasteiger partial charge in [-0.1, -0.05) is 51.9 Å². The lowest BCUT2D eigenvalue weighted by atomic mass is 9.55. The first-order chi connectivity index (χ1) is 8.79. The van der Waals surface area contributed by atoms with Crippen LogP contribution in [0.1, 0.15) is 77.6 Å². The Balaban J connectivity index is 1.64. The van der Waals surface area contributed by atoms with Gasteiger partial charge in [0.2, 0.25) is 0 Å². The highest BCUT2D eigenvalue weighted by Gasteiger charge is 2.53. The molecule has 2 atom stereocenters. The van der Waals surface area contributed by atoms with E-state index in [4.69, 9.17) is 10.5 Å². The van der Waals surface area contributed by atoms with E-state index in [1.165, 1.54) is 64.2 Å². The first kappa shape index (κ1) is 14.3. The summed E-state index contributed by atoms with van der Waals surface area (Å²) in [7, 11) is 0. The molecular weight excluding hydrogens is 222 g/mol. The van der Waals surface area contributed by atoms with Crippen molar-refractivity contribution < 1.29 is 4.74 Å². The summed E-state index contributed by atoms with van der Waals surface area (Å²) in [4.78, 5) is 0. The molecule has 2 heteroatoms. The fraction of sp³-hybridized carbons (Fsp3) is 1.00. The van der Waals surface area contributed by atoms with E-state index in [1.54, 1.807) is 0 Å². The molecule has 0 heterocycles. The van der Waals surface area contributed by atoms with Gasteiger partial charge in [0.05, 0.1) is 6.10 Å². The maximum Gasteiger partial charge on any atom is 0.0661 e. The molecule has 2 saturated carbocycles. The van der Waals surface area contributed by atoms with Gasteiger partial charge in [-0.15, -0.1) is 0 Å². The summed E-state index contributed by atoms with van der Waals surface area (Å²) in [5, 5.41) is 0. The van der Waals surface area contributed by atoms with Gasteiger partial charge in [0.25, 0.3) is 0 Å². The minimum Gasteiger partial charge on any atom is -0.378 e. The second kappa shape index (κ2) is 6.91. The molecule has 0 aliphatic heterocycles. The molecular formula is C16H31NO. The van der Waals surface area contributed by atoms with Gasteiger partial charge in [0.1, 0.15) is 0 Å². The monoisotopic (exact) mass is 253 g/mol. The second-order valence-electron chi connectivity index (χ2n) is 6.41. The third kappa shape index (κ3) is 3.08. The van der Waals surface area contributed by atoms with Crippen LogP contribution >= 0.6 is 0 Å². The van der Waals surface area contributed by atoms with Crippen molar-refractivity contribution in [2.24, 2.45) is 11.1 Å². The normalized spacial score (nSPS) is 30.3. The van der Waals surface area contributed by atoms with Crippen LogP contribution in [0.25, 0.3) is 0 Å². The minimum atomic E-state index is 0.377. The van der Waals surface area contributed by atoms with Crippen LogP contribution in [0.4, 0.5) is 0 Å². The largest absolute Gasteiger partial charge is 0.378 e. The summed E-state index contributed by atoms with van der Waals surface area (Å²) in [6.07, 6.45) is 15.0. The zero-order valence-corrected chi connectivity index (χ0v) is 12.1. The van der Waals surface area contributed by atoms with Crippen molar-refractivity contribution in [3.63, 3.8) is 0 Å². The zero-order chi connectivity index (χ0) is 12.8. The molecule has 2 fully saturated rings. The SMILES string of the molecule is CCCCCCCOC1CC(N)C12CCCCC2. The highest BCUT2D eigenvalue weighted by molar-refractivity contribution is 5.07. The molecule has 0 aromatic carbocycles. The molecule has 2 rings (SSSR count). The molecule has 0 bridgehead atoms. The molecule has 2 nitrogen and oxygen atoms in total. The Morgan fingerprint density at radius 2 is 1.78 bits per heavy atom. The summed E-state index contributed by atoms with van der Waals surface area (Å²) in [6, 6.07) is 0.419. The van der Waals surface area contributed by atoms with E-state index < -0.39 is 0 Å². The zero-order valence-electron chi connectivity index (χ0n) is 12.1. The second-order valence-corrected chi connectivity index (χ2v) is 6.41. The third-order valence-corrected chi connectivity index (χ3v) is 5.20. The number of hydrogen-bond acceptors (Lipinski definition) is 2. The maximum absolute atomic E-state index is 6.27. The summed E-state index contributed by atoms with van der Waals surface area (Å²) in [6.45, 7) is 3.22. The van der Waals surface area contributed by atoms with Crippen molar-refractivity contribution >= 4 is 0 Å². The number of nitrogens with two attached hydrogens (primary N) is 1. The van der Waals surface area contributed by atoms with Crippen LogP contribution in [0.2, 0.25) is 0 Å². The molecule has 2 N–H and O–H groups in total. The molecule has 18 heavy (non-hydrogen) atoms. The van der Waals surface area contributed by atoms with Crippen LogP contribution in [0.3, 0.4) is 0 Å². The van der Waals surface area contributed by atoms with Gasteiger partial charge in [0.15, 0.2) is 0 Å². The van der Waals surface area contributed by atoms with Crippen molar-refractivity contribution in [3.8, 4) is 0 Å². The molecule has 0 radical (unpaired) electrons. The van der Waals surface area contributed by atoms with Crippen LogP contribution in [-0.2, 0) is 4.74 Å². The lowest BCUT2D eigenvalue weighted by Crippen LogP contribution is -2.62. The van der Waals surface area contributed by atoms with Gasteiger partial charge in [-0.05, 0) is 25.7 Å². The van der Waals surface area contributed by atoms with Gasteiger partial charge in [-0.3, -0.25) is 0 Å². The number of ether oxygens (including phenoxy) is 1. The van der Waals surface area contributed by atoms with Gasteiger partial charge in [-0.25, -0.2) is 0 Å². The van der Waals surface area contributed by atoms with E-state index in [0.717, 1.165) is 13.0 Å². The summed E-state index contributed by atoms with van der Waals surface area (Å²) < 4.78 is 6.14. The van der Waals surface area contributed by atoms with Crippen molar-refractivity contribution in [2.45, 2.75) is 89.7 Å². The Morgan fingerprint density at radius 1 is 1.06 bits per heavy atom. The van der Waals surface area contributed by atoms with Crippen LogP contribution < -0.4 is 5.73 Å². The molecule has 1 spiro atoms. The van der Waals surface area contributed by atoms with Crippen molar-refractivity contribution in [2.75, 3.05) is 6.61 Å². The average molecular weight is 253 g/mol. The average Bonchev–Trinajstić information content (AvgIpc) is 2.42. The van der Waals surface area contributed by atoms with Gasteiger partial charge in [-0.2, -0.15) is 0 Å². The Labute approximate surface area is 113 Å². The highest BCUT2D eigenvalue weighted by atomic mass is 16.5. The maximum atomic E-state index is 6.27. The summed E-state index contributed by atoms with van der Waals surface area (Å²) in [5.74, 6) is 0. The molecule has 2 aliphatic rings. The van der Waals surface area contributed by atoms with Crippen LogP contribution in [0.5, 0.6) is 0 Å². The van der Waals surface area contributed by atoms with Crippen LogP contribution in [0, 0.1) is 5.41 Å². The standard InChI is InChI=1S/C16H31NO/c1-2-3-4-5-9-12-18-15-13-14(17)16(15)10-7-6-8-11-16/h14-15H,2-13,17H2,1H3. The Kier molecular flexibility index (Phi) is 5.50.